The lowest BCUT2D eigenvalue weighted by Gasteiger charge is -2.40. The molecule has 0 unspecified atom stereocenters. The number of ether oxygens (including phenoxy) is 1. The van der Waals surface area contributed by atoms with Gasteiger partial charge in [-0.3, -0.25) is 0 Å². The van der Waals surface area contributed by atoms with E-state index < -0.39 is 0 Å². The Balaban J connectivity index is 1.72. The largest absolute Gasteiger partial charge is 0.462 e. The second kappa shape index (κ2) is 15.2. The lowest BCUT2D eigenvalue weighted by atomic mass is 10.0. The highest BCUT2D eigenvalue weighted by Crippen LogP contribution is 2.20. The number of hydrogen-bond donors (Lipinski definition) is 0. The molecule has 3 nitrogen and oxygen atoms in total. The predicted molar refractivity (Wildman–Crippen MR) is 131 cm³/mol. The minimum atomic E-state index is -0.000965. The monoisotopic (exact) mass is 428 g/mol. The summed E-state index contributed by atoms with van der Waals surface area (Å²) in [6.07, 6.45) is 17.2. The summed E-state index contributed by atoms with van der Waals surface area (Å²) in [4.78, 5) is 12.6. The molecule has 1 aliphatic rings. The summed E-state index contributed by atoms with van der Waals surface area (Å²) >= 11 is 0. The third-order valence-corrected chi connectivity index (χ3v) is 6.64. The molecule has 0 saturated carbocycles. The fraction of sp³-hybridized carbons (Fsp3) is 0.679. The predicted octanol–water partition coefficient (Wildman–Crippen LogP) is 6.86. The maximum absolute atomic E-state index is 12.6. The van der Waals surface area contributed by atoms with E-state index in [0.717, 1.165) is 37.0 Å². The fourth-order valence-electron chi connectivity index (χ4n) is 4.67. The summed E-state index contributed by atoms with van der Waals surface area (Å²) in [7, 11) is 0. The molecule has 1 heterocycles. The van der Waals surface area contributed by atoms with Gasteiger partial charge < -0.3 is 9.22 Å². The number of piperidine rings is 1. The maximum atomic E-state index is 12.6. The molecule has 1 fully saturated rings. The van der Waals surface area contributed by atoms with E-state index >= 15 is 0 Å². The van der Waals surface area contributed by atoms with Crippen LogP contribution in [0.25, 0.3) is 0 Å². The topological polar surface area (TPSA) is 26.3 Å². The lowest BCUT2D eigenvalue weighted by Crippen LogP contribution is -2.54. The van der Waals surface area contributed by atoms with Crippen molar-refractivity contribution in [2.24, 2.45) is 0 Å². The molecular weight excluding hydrogens is 382 g/mol. The minimum Gasteiger partial charge on any atom is -0.462 e. The first kappa shape index (κ1) is 25.6. The van der Waals surface area contributed by atoms with Crippen LogP contribution in [0.5, 0.6) is 0 Å². The van der Waals surface area contributed by atoms with E-state index in [1.807, 2.05) is 0 Å². The Morgan fingerprint density at radius 2 is 1.58 bits per heavy atom. The van der Waals surface area contributed by atoms with Crippen molar-refractivity contribution in [1.82, 2.24) is 0 Å². The zero-order valence-electron chi connectivity index (χ0n) is 20.2. The van der Waals surface area contributed by atoms with E-state index in [4.69, 9.17) is 4.74 Å². The van der Waals surface area contributed by atoms with Gasteiger partial charge in [-0.05, 0) is 50.7 Å². The summed E-state index contributed by atoms with van der Waals surface area (Å²) in [6.45, 7) is 8.75. The molecule has 0 radical (unpaired) electrons. The first-order valence-electron chi connectivity index (χ1n) is 12.8. The molecule has 0 amide bonds. The zero-order valence-corrected chi connectivity index (χ0v) is 20.2. The number of benzene rings is 1. The summed E-state index contributed by atoms with van der Waals surface area (Å²) in [5.41, 5.74) is 2.74. The van der Waals surface area contributed by atoms with Gasteiger partial charge >= 0.3 is 5.97 Å². The van der Waals surface area contributed by atoms with Crippen LogP contribution in [-0.2, 0) is 16.0 Å². The van der Waals surface area contributed by atoms with Crippen molar-refractivity contribution >= 4 is 5.97 Å². The van der Waals surface area contributed by atoms with Crippen molar-refractivity contribution in [3.05, 3.63) is 47.5 Å². The van der Waals surface area contributed by atoms with Crippen LogP contribution in [0.3, 0.4) is 0 Å². The van der Waals surface area contributed by atoms with Crippen LogP contribution in [0.1, 0.15) is 90.0 Å². The minimum absolute atomic E-state index is 0.000965. The molecule has 0 aromatic heterocycles. The Kier molecular flexibility index (Phi) is 12.6. The van der Waals surface area contributed by atoms with Crippen LogP contribution in [0.15, 0.2) is 42.0 Å². The normalized spacial score (nSPS) is 16.3. The number of allylic oxidation sites excluding steroid dienone is 1. The molecule has 1 aromatic carbocycles. The van der Waals surface area contributed by atoms with E-state index in [1.165, 1.54) is 75.3 Å². The Morgan fingerprint density at radius 3 is 2.26 bits per heavy atom. The van der Waals surface area contributed by atoms with E-state index in [9.17, 15) is 4.79 Å². The Labute approximate surface area is 191 Å². The zero-order chi connectivity index (χ0) is 22.2. The highest BCUT2D eigenvalue weighted by Gasteiger charge is 2.32. The molecule has 0 bridgehead atoms. The number of carbonyl (C=O) groups excluding carboxylic acids is 1. The van der Waals surface area contributed by atoms with Gasteiger partial charge in [0, 0.05) is 0 Å². The van der Waals surface area contributed by atoms with Gasteiger partial charge in [0.05, 0.1) is 26.2 Å². The molecule has 0 aliphatic carbocycles. The Hall–Kier alpha value is -1.61. The summed E-state index contributed by atoms with van der Waals surface area (Å²) < 4.78 is 6.52. The van der Waals surface area contributed by atoms with Gasteiger partial charge in [-0.15, -0.1) is 0 Å². The average Bonchev–Trinajstić information content (AvgIpc) is 2.78. The van der Waals surface area contributed by atoms with Crippen molar-refractivity contribution in [2.45, 2.75) is 90.9 Å². The van der Waals surface area contributed by atoms with Crippen LogP contribution in [0.2, 0.25) is 0 Å². The second-order valence-electron chi connectivity index (χ2n) is 9.60. The van der Waals surface area contributed by atoms with E-state index in [1.54, 1.807) is 0 Å². The van der Waals surface area contributed by atoms with Gasteiger partial charge in [0.15, 0.2) is 6.54 Å². The van der Waals surface area contributed by atoms with Crippen molar-refractivity contribution < 1.29 is 14.0 Å². The van der Waals surface area contributed by atoms with Gasteiger partial charge in [0.1, 0.15) is 0 Å². The summed E-state index contributed by atoms with van der Waals surface area (Å²) in [5, 5.41) is 0. The van der Waals surface area contributed by atoms with Crippen LogP contribution < -0.4 is 0 Å². The standard InChI is InChI=1S/C28H46NO2/c1-3-4-5-6-7-8-9-16-23-31-28(30)25-29(20-14-11-15-21-29)22-19-26(2)24-27-17-12-10-13-18-27/h10,12-13,17-19H,3-9,11,14-16,20-25H2,1-2H3/q+1/b26-19-. The van der Waals surface area contributed by atoms with Crippen LogP contribution in [0.4, 0.5) is 0 Å². The molecule has 1 saturated heterocycles. The van der Waals surface area contributed by atoms with Crippen molar-refractivity contribution in [3.8, 4) is 0 Å². The molecule has 1 aromatic rings. The van der Waals surface area contributed by atoms with E-state index in [-0.39, 0.29) is 5.97 Å². The number of carbonyl (C=O) groups is 1. The molecule has 0 N–H and O–H groups in total. The first-order chi connectivity index (χ1) is 15.1. The van der Waals surface area contributed by atoms with Crippen molar-refractivity contribution in [3.63, 3.8) is 0 Å². The maximum Gasteiger partial charge on any atom is 0.361 e. The van der Waals surface area contributed by atoms with Gasteiger partial charge in [0.25, 0.3) is 0 Å². The molecule has 2 rings (SSSR count). The molecule has 0 spiro atoms. The number of quaternary nitrogens is 1. The van der Waals surface area contributed by atoms with Gasteiger partial charge in [-0.2, -0.15) is 0 Å². The fourth-order valence-corrected chi connectivity index (χ4v) is 4.67. The molecular formula is C28H46NO2+. The highest BCUT2D eigenvalue weighted by molar-refractivity contribution is 5.70. The number of hydrogen-bond acceptors (Lipinski definition) is 2. The number of nitrogens with zero attached hydrogens (tertiary/aromatic N) is 1. The third kappa shape index (κ3) is 11.0. The third-order valence-electron chi connectivity index (χ3n) is 6.64. The SMILES string of the molecule is CCCCCCCCCCOC(=O)C[N+]1(C/C=C(/C)Cc2ccccc2)CCCCC1. The van der Waals surface area contributed by atoms with Crippen LogP contribution in [0, 0.1) is 0 Å². The average molecular weight is 429 g/mol. The number of esters is 1. The quantitative estimate of drug-likeness (QED) is 0.132. The summed E-state index contributed by atoms with van der Waals surface area (Å²) in [6, 6.07) is 10.6. The molecule has 1 aliphatic heterocycles. The highest BCUT2D eigenvalue weighted by atomic mass is 16.5. The molecule has 0 atom stereocenters. The molecule has 174 valence electrons. The second-order valence-corrected chi connectivity index (χ2v) is 9.60. The number of likely N-dealkylation sites (tertiary alicyclic amines) is 1. The van der Waals surface area contributed by atoms with Crippen molar-refractivity contribution in [2.75, 3.05) is 32.8 Å². The van der Waals surface area contributed by atoms with Gasteiger partial charge in [0.2, 0.25) is 0 Å². The smallest absolute Gasteiger partial charge is 0.361 e. The summed E-state index contributed by atoms with van der Waals surface area (Å²) in [5.74, 6) is -0.000965. The Morgan fingerprint density at radius 1 is 0.935 bits per heavy atom. The van der Waals surface area contributed by atoms with E-state index in [2.05, 4.69) is 50.3 Å². The Bertz CT molecular complexity index is 632. The molecule has 3 heteroatoms. The van der Waals surface area contributed by atoms with Crippen LogP contribution in [-0.4, -0.2) is 43.2 Å². The number of rotatable bonds is 15. The first-order valence-corrected chi connectivity index (χ1v) is 12.8. The lowest BCUT2D eigenvalue weighted by molar-refractivity contribution is -0.920. The number of unbranched alkanes of at least 4 members (excludes halogenated alkanes) is 7. The van der Waals surface area contributed by atoms with Gasteiger partial charge in [-0.25, -0.2) is 4.79 Å². The van der Waals surface area contributed by atoms with Crippen molar-refractivity contribution in [1.29, 1.82) is 0 Å². The van der Waals surface area contributed by atoms with E-state index in [0.29, 0.717) is 13.2 Å². The van der Waals surface area contributed by atoms with Gasteiger partial charge in [-0.1, -0.05) is 87.8 Å². The van der Waals surface area contributed by atoms with Crippen LogP contribution >= 0.6 is 0 Å². The molecule has 31 heavy (non-hydrogen) atoms.